The molecule has 0 saturated heterocycles. The second-order valence-corrected chi connectivity index (χ2v) is 9.30. The van der Waals surface area contributed by atoms with Gasteiger partial charge in [-0.2, -0.15) is 0 Å². The maximum absolute atomic E-state index is 14.4. The number of fused-ring (bicyclic) bond motifs is 8. The SMILES string of the molecule is Cc1cc(N)nc(C)c1CNC(=O)c1ccc2c(c1)C1OC2c2cc(-c3cccc(F)c3F)ccc21. The van der Waals surface area contributed by atoms with E-state index < -0.39 is 11.6 Å². The average Bonchev–Trinajstić information content (AvgIpc) is 3.41. The van der Waals surface area contributed by atoms with Gasteiger partial charge in [-0.05, 0) is 83.1 Å². The molecule has 2 atom stereocenters. The van der Waals surface area contributed by atoms with Crippen LogP contribution >= 0.6 is 0 Å². The first-order chi connectivity index (χ1) is 17.3. The molecule has 2 aliphatic rings. The summed E-state index contributed by atoms with van der Waals surface area (Å²) in [4.78, 5) is 17.2. The highest BCUT2D eigenvalue weighted by Gasteiger charge is 2.43. The van der Waals surface area contributed by atoms with Gasteiger partial charge in [-0.25, -0.2) is 13.8 Å². The lowest BCUT2D eigenvalue weighted by atomic mass is 9.83. The van der Waals surface area contributed by atoms with E-state index in [9.17, 15) is 13.6 Å². The normalized spacial score (nSPS) is 17.1. The highest BCUT2D eigenvalue weighted by atomic mass is 19.2. The van der Waals surface area contributed by atoms with E-state index in [-0.39, 0.29) is 23.7 Å². The molecule has 0 spiro atoms. The number of aromatic nitrogens is 1. The zero-order chi connectivity index (χ0) is 25.1. The minimum atomic E-state index is -0.875. The van der Waals surface area contributed by atoms with E-state index in [4.69, 9.17) is 10.5 Å². The fraction of sp³-hybridized carbons (Fsp3) is 0.172. The van der Waals surface area contributed by atoms with Crippen molar-refractivity contribution >= 4 is 11.7 Å². The summed E-state index contributed by atoms with van der Waals surface area (Å²) in [6.45, 7) is 4.17. The summed E-state index contributed by atoms with van der Waals surface area (Å²) < 4.78 is 34.4. The van der Waals surface area contributed by atoms with Gasteiger partial charge in [0.05, 0.1) is 0 Å². The second kappa shape index (κ2) is 8.24. The summed E-state index contributed by atoms with van der Waals surface area (Å²) >= 11 is 0. The van der Waals surface area contributed by atoms with Crippen molar-refractivity contribution in [2.75, 3.05) is 5.73 Å². The summed E-state index contributed by atoms with van der Waals surface area (Å²) in [7, 11) is 0. The highest BCUT2D eigenvalue weighted by molar-refractivity contribution is 5.94. The monoisotopic (exact) mass is 483 g/mol. The van der Waals surface area contributed by atoms with E-state index >= 15 is 0 Å². The van der Waals surface area contributed by atoms with Crippen LogP contribution in [0.4, 0.5) is 14.6 Å². The molecule has 0 radical (unpaired) electrons. The van der Waals surface area contributed by atoms with Gasteiger partial charge >= 0.3 is 0 Å². The molecule has 3 aromatic carbocycles. The number of nitrogen functional groups attached to an aromatic ring is 1. The first-order valence-corrected chi connectivity index (χ1v) is 11.7. The van der Waals surface area contributed by atoms with Crippen LogP contribution in [0.1, 0.15) is 61.6 Å². The predicted molar refractivity (Wildman–Crippen MR) is 132 cm³/mol. The topological polar surface area (TPSA) is 77.2 Å². The first-order valence-electron chi connectivity index (χ1n) is 11.7. The van der Waals surface area contributed by atoms with Crippen LogP contribution in [0.25, 0.3) is 11.1 Å². The second-order valence-electron chi connectivity index (χ2n) is 9.30. The lowest BCUT2D eigenvalue weighted by Gasteiger charge is -2.18. The number of carbonyl (C=O) groups excluding carboxylic acids is 1. The lowest BCUT2D eigenvalue weighted by Crippen LogP contribution is -2.24. The van der Waals surface area contributed by atoms with Gasteiger partial charge in [-0.15, -0.1) is 0 Å². The van der Waals surface area contributed by atoms with Crippen LogP contribution in [0.3, 0.4) is 0 Å². The summed E-state index contributed by atoms with van der Waals surface area (Å²) in [6, 6.07) is 17.1. The number of anilines is 1. The third-order valence-corrected chi connectivity index (χ3v) is 7.10. The Morgan fingerprint density at radius 2 is 1.69 bits per heavy atom. The molecule has 0 aliphatic carbocycles. The largest absolute Gasteiger partial charge is 0.384 e. The maximum Gasteiger partial charge on any atom is 0.251 e. The number of carbonyl (C=O) groups is 1. The van der Waals surface area contributed by atoms with E-state index in [1.54, 1.807) is 24.3 Å². The Labute approximate surface area is 206 Å². The molecule has 6 rings (SSSR count). The molecule has 36 heavy (non-hydrogen) atoms. The molecule has 5 nitrogen and oxygen atoms in total. The van der Waals surface area contributed by atoms with Crippen molar-refractivity contribution in [3.05, 3.63) is 117 Å². The van der Waals surface area contributed by atoms with Crippen LogP contribution in [0.5, 0.6) is 0 Å². The maximum atomic E-state index is 14.4. The predicted octanol–water partition coefficient (Wildman–Crippen LogP) is 5.68. The van der Waals surface area contributed by atoms with Gasteiger partial charge in [0, 0.05) is 23.4 Å². The van der Waals surface area contributed by atoms with Crippen molar-refractivity contribution < 1.29 is 18.3 Å². The van der Waals surface area contributed by atoms with E-state index in [1.165, 1.54) is 6.07 Å². The molecule has 3 heterocycles. The Hall–Kier alpha value is -4.10. The Morgan fingerprint density at radius 1 is 0.972 bits per heavy atom. The number of ether oxygens (including phenoxy) is 1. The quantitative estimate of drug-likeness (QED) is 0.392. The van der Waals surface area contributed by atoms with Crippen molar-refractivity contribution in [1.82, 2.24) is 10.3 Å². The summed E-state index contributed by atoms with van der Waals surface area (Å²) in [5, 5.41) is 2.98. The zero-order valence-corrected chi connectivity index (χ0v) is 19.7. The third-order valence-electron chi connectivity index (χ3n) is 7.10. The van der Waals surface area contributed by atoms with Crippen molar-refractivity contribution in [1.29, 1.82) is 0 Å². The number of aryl methyl sites for hydroxylation is 2. The van der Waals surface area contributed by atoms with Crippen LogP contribution in [0.15, 0.2) is 60.7 Å². The molecule has 2 bridgehead atoms. The number of hydrogen-bond acceptors (Lipinski definition) is 4. The van der Waals surface area contributed by atoms with E-state index in [0.29, 0.717) is 23.5 Å². The molecule has 1 amide bonds. The molecule has 3 N–H and O–H groups in total. The van der Waals surface area contributed by atoms with Gasteiger partial charge in [0.1, 0.15) is 18.0 Å². The van der Waals surface area contributed by atoms with Gasteiger partial charge in [0.2, 0.25) is 0 Å². The number of nitrogens with one attached hydrogen (secondary N) is 1. The molecule has 1 aromatic heterocycles. The number of benzene rings is 3. The van der Waals surface area contributed by atoms with Crippen molar-refractivity contribution in [3.8, 4) is 11.1 Å². The van der Waals surface area contributed by atoms with Gasteiger partial charge in [-0.1, -0.05) is 30.3 Å². The number of hydrogen-bond donors (Lipinski definition) is 2. The van der Waals surface area contributed by atoms with Crippen molar-refractivity contribution in [2.45, 2.75) is 32.6 Å². The fourth-order valence-electron chi connectivity index (χ4n) is 5.31. The Morgan fingerprint density at radius 3 is 2.44 bits per heavy atom. The minimum Gasteiger partial charge on any atom is -0.384 e. The molecule has 7 heteroatoms. The smallest absolute Gasteiger partial charge is 0.251 e. The Balaban J connectivity index is 1.25. The standard InChI is InChI=1S/C29H23F2N3O2/c1-14-10-25(32)34-15(2)23(14)13-33-29(35)17-7-9-20-22(12-17)28-19-8-6-16(11-21(19)27(20)36-28)18-4-3-5-24(30)26(18)31/h3-12,27-28H,13H2,1-2H3,(H2,32,34)(H,33,35). The van der Waals surface area contributed by atoms with Crippen LogP contribution in [0.2, 0.25) is 0 Å². The lowest BCUT2D eigenvalue weighted by molar-refractivity contribution is 0.0857. The number of amides is 1. The van der Waals surface area contributed by atoms with Crippen LogP contribution < -0.4 is 11.1 Å². The number of rotatable bonds is 4. The minimum absolute atomic E-state index is 0.187. The average molecular weight is 484 g/mol. The molecule has 4 aromatic rings. The number of pyridine rings is 1. The highest BCUT2D eigenvalue weighted by Crippen LogP contribution is 2.54. The van der Waals surface area contributed by atoms with Crippen LogP contribution in [-0.2, 0) is 11.3 Å². The summed E-state index contributed by atoms with van der Waals surface area (Å²) in [5.74, 6) is -1.46. The molecule has 0 fully saturated rings. The summed E-state index contributed by atoms with van der Waals surface area (Å²) in [5.41, 5.74) is 13.7. The molecular formula is C29H23F2N3O2. The molecule has 2 unspecified atom stereocenters. The van der Waals surface area contributed by atoms with E-state index in [1.807, 2.05) is 38.1 Å². The fourth-order valence-corrected chi connectivity index (χ4v) is 5.31. The number of nitrogens with zero attached hydrogens (tertiary/aromatic N) is 1. The van der Waals surface area contributed by atoms with E-state index in [2.05, 4.69) is 10.3 Å². The van der Waals surface area contributed by atoms with E-state index in [0.717, 1.165) is 45.1 Å². The zero-order valence-electron chi connectivity index (χ0n) is 19.7. The number of nitrogens with two attached hydrogens (primary N) is 1. The Bertz CT molecular complexity index is 1540. The molecule has 180 valence electrons. The Kier molecular flexibility index (Phi) is 5.12. The van der Waals surface area contributed by atoms with Gasteiger partial charge in [0.25, 0.3) is 5.91 Å². The van der Waals surface area contributed by atoms with Gasteiger partial charge in [0.15, 0.2) is 11.6 Å². The molecule has 2 aliphatic heterocycles. The summed E-state index contributed by atoms with van der Waals surface area (Å²) in [6.07, 6.45) is -0.607. The number of halogens is 2. The van der Waals surface area contributed by atoms with Gasteiger partial charge < -0.3 is 15.8 Å². The molecular weight excluding hydrogens is 460 g/mol. The molecule has 0 saturated carbocycles. The van der Waals surface area contributed by atoms with Crippen molar-refractivity contribution in [3.63, 3.8) is 0 Å². The van der Waals surface area contributed by atoms with Crippen molar-refractivity contribution in [2.24, 2.45) is 0 Å². The third kappa shape index (κ3) is 3.46. The van der Waals surface area contributed by atoms with Crippen LogP contribution in [0, 0.1) is 25.5 Å². The van der Waals surface area contributed by atoms with Gasteiger partial charge in [-0.3, -0.25) is 4.79 Å². The first kappa shape index (κ1) is 22.4. The van der Waals surface area contributed by atoms with Crippen LogP contribution in [-0.4, -0.2) is 10.9 Å².